The topological polar surface area (TPSA) is 66.9 Å². The first-order valence-corrected chi connectivity index (χ1v) is 5.83. The van der Waals surface area contributed by atoms with E-state index in [0.717, 1.165) is 0 Å². The van der Waals surface area contributed by atoms with Crippen LogP contribution in [-0.2, 0) is 19.1 Å². The maximum atomic E-state index is 11.9. The molecule has 0 aromatic carbocycles. The van der Waals surface area contributed by atoms with E-state index in [4.69, 9.17) is 0 Å². The molecule has 1 heterocycles. The lowest BCUT2D eigenvalue weighted by molar-refractivity contribution is -0.157. The van der Waals surface area contributed by atoms with Crippen LogP contribution in [0.1, 0.15) is 20.8 Å². The highest BCUT2D eigenvalue weighted by Gasteiger charge is 2.43. The molecule has 1 amide bonds. The average molecular weight is 242 g/mol. The van der Waals surface area contributed by atoms with Gasteiger partial charge in [0.05, 0.1) is 6.61 Å². The molecule has 1 rings (SSSR count). The molecule has 6 nitrogen and oxygen atoms in total. The molecule has 1 unspecified atom stereocenters. The van der Waals surface area contributed by atoms with Gasteiger partial charge in [-0.2, -0.15) is 0 Å². The summed E-state index contributed by atoms with van der Waals surface area (Å²) in [5.74, 6) is -2.88. The van der Waals surface area contributed by atoms with E-state index in [1.165, 1.54) is 5.01 Å². The molecule has 0 N–H and O–H groups in total. The molecular weight excluding hydrogens is 224 g/mol. The first-order valence-electron chi connectivity index (χ1n) is 5.83. The van der Waals surface area contributed by atoms with Gasteiger partial charge in [0.1, 0.15) is 5.92 Å². The monoisotopic (exact) mass is 242 g/mol. The Bertz CT molecular complexity index is 329. The number of amides is 1. The molecule has 1 aliphatic rings. The summed E-state index contributed by atoms with van der Waals surface area (Å²) in [7, 11) is 0. The maximum absolute atomic E-state index is 11.9. The van der Waals surface area contributed by atoms with Crippen LogP contribution in [0.25, 0.3) is 0 Å². The number of ether oxygens (including phenoxy) is 1. The number of carbonyl (C=O) groups is 3. The third kappa shape index (κ3) is 2.63. The number of ketones is 1. The minimum Gasteiger partial charge on any atom is -0.460 e. The Morgan fingerprint density at radius 1 is 1.29 bits per heavy atom. The number of hydrogen-bond acceptors (Lipinski definition) is 5. The largest absolute Gasteiger partial charge is 0.460 e. The number of hydrogen-bond donors (Lipinski definition) is 0. The Hall–Kier alpha value is -1.43. The SMILES string of the molecule is CCOC(=O)C(=O)C1CN(CC)N(CC)C1=O. The summed E-state index contributed by atoms with van der Waals surface area (Å²) in [6, 6.07) is 0. The Morgan fingerprint density at radius 2 is 1.94 bits per heavy atom. The Labute approximate surface area is 100 Å². The van der Waals surface area contributed by atoms with Crippen molar-refractivity contribution in [2.24, 2.45) is 5.92 Å². The number of rotatable bonds is 5. The van der Waals surface area contributed by atoms with E-state index in [0.29, 0.717) is 13.1 Å². The van der Waals surface area contributed by atoms with Crippen molar-refractivity contribution < 1.29 is 19.1 Å². The third-order valence-corrected chi connectivity index (χ3v) is 2.74. The minimum absolute atomic E-state index is 0.139. The van der Waals surface area contributed by atoms with Crippen molar-refractivity contribution in [1.29, 1.82) is 0 Å². The van der Waals surface area contributed by atoms with Gasteiger partial charge in [-0.1, -0.05) is 6.92 Å². The molecular formula is C11H18N2O4. The molecule has 0 spiro atoms. The highest BCUT2D eigenvalue weighted by atomic mass is 16.5. The fraction of sp³-hybridized carbons (Fsp3) is 0.727. The van der Waals surface area contributed by atoms with E-state index in [9.17, 15) is 14.4 Å². The van der Waals surface area contributed by atoms with Gasteiger partial charge in [-0.3, -0.25) is 14.6 Å². The summed E-state index contributed by atoms with van der Waals surface area (Å²) in [4.78, 5) is 34.9. The lowest BCUT2D eigenvalue weighted by Crippen LogP contribution is -2.39. The van der Waals surface area contributed by atoms with Crippen LogP contribution in [0, 0.1) is 5.92 Å². The van der Waals surface area contributed by atoms with Crippen LogP contribution in [-0.4, -0.2) is 53.9 Å². The smallest absolute Gasteiger partial charge is 0.375 e. The van der Waals surface area contributed by atoms with Crippen molar-refractivity contribution in [3.05, 3.63) is 0 Å². The minimum atomic E-state index is -0.917. The van der Waals surface area contributed by atoms with Crippen LogP contribution in [0.4, 0.5) is 0 Å². The number of esters is 1. The van der Waals surface area contributed by atoms with Crippen molar-refractivity contribution in [3.63, 3.8) is 0 Å². The van der Waals surface area contributed by atoms with E-state index in [-0.39, 0.29) is 19.1 Å². The molecule has 0 aromatic heterocycles. The predicted octanol–water partition coefficient (Wildman–Crippen LogP) is -0.166. The summed E-state index contributed by atoms with van der Waals surface area (Å²) in [6.45, 7) is 6.88. The van der Waals surface area contributed by atoms with Gasteiger partial charge >= 0.3 is 5.97 Å². The van der Waals surface area contributed by atoms with Crippen LogP contribution in [0.5, 0.6) is 0 Å². The fourth-order valence-corrected chi connectivity index (χ4v) is 1.90. The van der Waals surface area contributed by atoms with E-state index in [2.05, 4.69) is 4.74 Å². The lowest BCUT2D eigenvalue weighted by atomic mass is 10.0. The molecule has 1 atom stereocenters. The van der Waals surface area contributed by atoms with Crippen molar-refractivity contribution in [1.82, 2.24) is 10.0 Å². The summed E-state index contributed by atoms with van der Waals surface area (Å²) in [5.41, 5.74) is 0. The van der Waals surface area contributed by atoms with Crippen LogP contribution >= 0.6 is 0 Å². The molecule has 0 aliphatic carbocycles. The third-order valence-electron chi connectivity index (χ3n) is 2.74. The van der Waals surface area contributed by atoms with Crippen molar-refractivity contribution in [2.75, 3.05) is 26.2 Å². The van der Waals surface area contributed by atoms with Crippen LogP contribution in [0.2, 0.25) is 0 Å². The van der Waals surface area contributed by atoms with Crippen molar-refractivity contribution >= 4 is 17.7 Å². The Balaban J connectivity index is 2.76. The molecule has 96 valence electrons. The second-order valence-electron chi connectivity index (χ2n) is 3.70. The van der Waals surface area contributed by atoms with Crippen LogP contribution in [0.3, 0.4) is 0 Å². The Kier molecular flexibility index (Phi) is 4.62. The molecule has 0 radical (unpaired) electrons. The quantitative estimate of drug-likeness (QED) is 0.380. The van der Waals surface area contributed by atoms with Crippen LogP contribution < -0.4 is 0 Å². The van der Waals surface area contributed by atoms with E-state index in [1.54, 1.807) is 11.9 Å². The maximum Gasteiger partial charge on any atom is 0.375 e. The fourth-order valence-electron chi connectivity index (χ4n) is 1.90. The Morgan fingerprint density at radius 3 is 2.35 bits per heavy atom. The van der Waals surface area contributed by atoms with Crippen molar-refractivity contribution in [2.45, 2.75) is 20.8 Å². The van der Waals surface area contributed by atoms with Gasteiger partial charge in [-0.25, -0.2) is 9.80 Å². The predicted molar refractivity (Wildman–Crippen MR) is 59.8 cm³/mol. The molecule has 0 saturated carbocycles. The molecule has 0 bridgehead atoms. The average Bonchev–Trinajstić information content (AvgIpc) is 2.64. The van der Waals surface area contributed by atoms with Gasteiger partial charge in [-0.15, -0.1) is 0 Å². The molecule has 0 aromatic rings. The number of Topliss-reactive ketones (excluding diaryl/α,β-unsaturated/α-hetero) is 1. The van der Waals surface area contributed by atoms with E-state index in [1.807, 2.05) is 13.8 Å². The second-order valence-corrected chi connectivity index (χ2v) is 3.70. The summed E-state index contributed by atoms with van der Waals surface area (Å²) < 4.78 is 4.62. The molecule has 1 aliphatic heterocycles. The lowest BCUT2D eigenvalue weighted by Gasteiger charge is -2.24. The van der Waals surface area contributed by atoms with Crippen LogP contribution in [0.15, 0.2) is 0 Å². The van der Waals surface area contributed by atoms with Gasteiger partial charge in [0, 0.05) is 19.6 Å². The zero-order chi connectivity index (χ0) is 13.0. The number of carbonyl (C=O) groups excluding carboxylic acids is 3. The van der Waals surface area contributed by atoms with E-state index >= 15 is 0 Å². The highest BCUT2D eigenvalue weighted by molar-refractivity contribution is 6.38. The number of nitrogens with zero attached hydrogens (tertiary/aromatic N) is 2. The highest BCUT2D eigenvalue weighted by Crippen LogP contribution is 2.19. The molecule has 1 fully saturated rings. The number of hydrazine groups is 1. The van der Waals surface area contributed by atoms with Gasteiger partial charge in [0.2, 0.25) is 5.91 Å². The molecule has 1 saturated heterocycles. The zero-order valence-electron chi connectivity index (χ0n) is 10.4. The summed E-state index contributed by atoms with van der Waals surface area (Å²) in [6.07, 6.45) is 0. The van der Waals surface area contributed by atoms with Crippen molar-refractivity contribution in [3.8, 4) is 0 Å². The van der Waals surface area contributed by atoms with Gasteiger partial charge in [-0.05, 0) is 13.8 Å². The first-order chi connectivity index (χ1) is 8.06. The molecule has 17 heavy (non-hydrogen) atoms. The second kappa shape index (κ2) is 5.77. The normalized spacial score (nSPS) is 20.8. The summed E-state index contributed by atoms with van der Waals surface area (Å²) >= 11 is 0. The summed E-state index contributed by atoms with van der Waals surface area (Å²) in [5, 5.41) is 3.27. The van der Waals surface area contributed by atoms with Gasteiger partial charge in [0.25, 0.3) is 5.78 Å². The van der Waals surface area contributed by atoms with Gasteiger partial charge in [0.15, 0.2) is 0 Å². The van der Waals surface area contributed by atoms with E-state index < -0.39 is 17.7 Å². The standard InChI is InChI=1S/C11H18N2O4/c1-4-12-7-8(10(15)13(12)5-2)9(14)11(16)17-6-3/h8H,4-7H2,1-3H3. The first kappa shape index (κ1) is 13.6. The van der Waals surface area contributed by atoms with Gasteiger partial charge < -0.3 is 4.74 Å². The zero-order valence-corrected chi connectivity index (χ0v) is 10.4. The molecule has 6 heteroatoms.